The lowest BCUT2D eigenvalue weighted by molar-refractivity contribution is -0.890. The van der Waals surface area contributed by atoms with Crippen molar-refractivity contribution in [3.05, 3.63) is 0 Å². The number of amides is 1. The van der Waals surface area contributed by atoms with Crippen molar-refractivity contribution in [2.45, 2.75) is 117 Å². The van der Waals surface area contributed by atoms with Crippen molar-refractivity contribution >= 4 is 18.5 Å². The minimum atomic E-state index is -0.381. The van der Waals surface area contributed by atoms with Gasteiger partial charge in [0.15, 0.2) is 0 Å². The number of nitrogens with two attached hydrogens (primary N) is 1. The van der Waals surface area contributed by atoms with Gasteiger partial charge in [-0.1, -0.05) is 90.9 Å². The molecule has 0 aromatic rings. The summed E-state index contributed by atoms with van der Waals surface area (Å²) in [6, 6.07) is 0. The second-order valence-electron chi connectivity index (χ2n) is 8.96. The smallest absolute Gasteiger partial charge is 0.227 e. The van der Waals surface area contributed by atoms with Crippen molar-refractivity contribution < 1.29 is 9.28 Å². The summed E-state index contributed by atoms with van der Waals surface area (Å²) in [5.74, 6) is -0.242. The van der Waals surface area contributed by atoms with Gasteiger partial charge in [0.05, 0.1) is 32.9 Å². The molecule has 0 saturated carbocycles. The van der Waals surface area contributed by atoms with Crippen LogP contribution in [0, 0.1) is 0 Å². The van der Waals surface area contributed by atoms with Crippen LogP contribution in [-0.2, 0) is 4.79 Å². The van der Waals surface area contributed by atoms with Gasteiger partial charge in [0.1, 0.15) is 0 Å². The molecule has 0 aliphatic carbocycles. The Kier molecular flexibility index (Phi) is 24.7. The van der Waals surface area contributed by atoms with Gasteiger partial charge in [-0.2, -0.15) is 12.6 Å². The minimum Gasteiger partial charge on any atom is -0.369 e. The second-order valence-corrected chi connectivity index (χ2v) is 9.27. The third-order valence-electron chi connectivity index (χ3n) is 5.39. The fourth-order valence-electron chi connectivity index (χ4n) is 3.46. The van der Waals surface area contributed by atoms with Gasteiger partial charge in [-0.3, -0.25) is 4.79 Å². The normalized spacial score (nSPS) is 11.2. The molecule has 3 nitrogen and oxygen atoms in total. The van der Waals surface area contributed by atoms with E-state index in [4.69, 9.17) is 0 Å². The molecule has 1 amide bonds. The van der Waals surface area contributed by atoms with Crippen LogP contribution in [0.3, 0.4) is 0 Å². The van der Waals surface area contributed by atoms with Gasteiger partial charge in [-0.05, 0) is 25.7 Å². The van der Waals surface area contributed by atoms with Crippen molar-refractivity contribution in [2.75, 3.05) is 32.9 Å². The number of thiol groups is 1. The number of rotatable bonds is 19. The highest BCUT2D eigenvalue weighted by Gasteiger charge is 2.13. The molecule has 0 aliphatic heterocycles. The van der Waals surface area contributed by atoms with E-state index in [1.54, 1.807) is 0 Å². The zero-order valence-electron chi connectivity index (χ0n) is 19.8. The summed E-state index contributed by atoms with van der Waals surface area (Å²) in [5, 5.41) is 0. The summed E-state index contributed by atoms with van der Waals surface area (Å²) >= 11 is 3.54. The predicted molar refractivity (Wildman–Crippen MR) is 130 cm³/mol. The number of hydrogen-bond donors (Lipinski definition) is 2. The van der Waals surface area contributed by atoms with Crippen molar-refractivity contribution in [3.63, 3.8) is 0 Å². The maximum absolute atomic E-state index is 9.51. The first-order valence-corrected chi connectivity index (χ1v) is 12.7. The van der Waals surface area contributed by atoms with E-state index >= 15 is 0 Å². The van der Waals surface area contributed by atoms with Gasteiger partial charge in [-0.25, -0.2) is 0 Å². The molecule has 0 aliphatic rings. The van der Waals surface area contributed by atoms with Crippen molar-refractivity contribution in [1.29, 1.82) is 0 Å². The van der Waals surface area contributed by atoms with Crippen molar-refractivity contribution in [3.8, 4) is 0 Å². The summed E-state index contributed by atoms with van der Waals surface area (Å²) in [5.41, 5.74) is 4.58. The molecule has 0 radical (unpaired) electrons. The van der Waals surface area contributed by atoms with Gasteiger partial charge < -0.3 is 10.2 Å². The SMILES string of the molecule is CCCCCCCCCC[N+](C)(C)CCCCCCCCCC.NC(=O)CS. The Bertz CT molecular complexity index is 300. The molecule has 0 aromatic carbocycles. The van der Waals surface area contributed by atoms with E-state index < -0.39 is 0 Å². The lowest BCUT2D eigenvalue weighted by Crippen LogP contribution is -2.41. The molecule has 0 unspecified atom stereocenters. The van der Waals surface area contributed by atoms with Crippen LogP contribution in [0.25, 0.3) is 0 Å². The number of carbonyl (C=O) groups is 1. The molecule has 2 N–H and O–H groups in total. The number of quaternary nitrogens is 1. The van der Waals surface area contributed by atoms with Gasteiger partial charge in [0.25, 0.3) is 0 Å². The largest absolute Gasteiger partial charge is 0.369 e. The Balaban J connectivity index is 0. The molecule has 170 valence electrons. The number of hydrogen-bond acceptors (Lipinski definition) is 2. The van der Waals surface area contributed by atoms with Crippen molar-refractivity contribution in [1.82, 2.24) is 0 Å². The van der Waals surface area contributed by atoms with E-state index in [1.807, 2.05) is 0 Å². The average molecular weight is 418 g/mol. The Morgan fingerprint density at radius 2 is 0.893 bits per heavy atom. The Labute approximate surface area is 183 Å². The van der Waals surface area contributed by atoms with Crippen molar-refractivity contribution in [2.24, 2.45) is 5.73 Å². The van der Waals surface area contributed by atoms with Gasteiger partial charge in [0.2, 0.25) is 5.91 Å². The number of nitrogens with zero attached hydrogens (tertiary/aromatic N) is 1. The molecule has 0 spiro atoms. The quantitative estimate of drug-likeness (QED) is 0.136. The first-order chi connectivity index (χ1) is 13.4. The Morgan fingerprint density at radius 3 is 1.14 bits per heavy atom. The molecule has 0 atom stereocenters. The Morgan fingerprint density at radius 1 is 0.643 bits per heavy atom. The van der Waals surface area contributed by atoms with Gasteiger partial charge in [-0.15, -0.1) is 0 Å². The molecule has 0 rings (SSSR count). The van der Waals surface area contributed by atoms with E-state index in [9.17, 15) is 4.79 Å². The van der Waals surface area contributed by atoms with Crippen LogP contribution < -0.4 is 5.73 Å². The highest BCUT2D eigenvalue weighted by atomic mass is 32.1. The molecule has 0 fully saturated rings. The number of primary amides is 1. The van der Waals surface area contributed by atoms with Crippen LogP contribution in [0.5, 0.6) is 0 Å². The molecule has 0 bridgehead atoms. The number of carbonyl (C=O) groups excluding carboxylic acids is 1. The topological polar surface area (TPSA) is 43.1 Å². The van der Waals surface area contributed by atoms with E-state index in [-0.39, 0.29) is 11.7 Å². The summed E-state index contributed by atoms with van der Waals surface area (Å²) in [6.45, 7) is 7.36. The van der Waals surface area contributed by atoms with E-state index in [0.717, 1.165) is 0 Å². The predicted octanol–water partition coefficient (Wildman–Crippen LogP) is 6.75. The molecule has 0 heterocycles. The van der Waals surface area contributed by atoms with Crippen LogP contribution in [0.15, 0.2) is 0 Å². The maximum Gasteiger partial charge on any atom is 0.227 e. The molecule has 28 heavy (non-hydrogen) atoms. The Hall–Kier alpha value is -0.220. The van der Waals surface area contributed by atoms with Gasteiger partial charge >= 0.3 is 0 Å². The molecular weight excluding hydrogens is 364 g/mol. The van der Waals surface area contributed by atoms with Crippen LogP contribution in [0.2, 0.25) is 0 Å². The minimum absolute atomic E-state index is 0.139. The summed E-state index contributed by atoms with van der Waals surface area (Å²) in [7, 11) is 4.87. The van der Waals surface area contributed by atoms with E-state index in [0.29, 0.717) is 0 Å². The lowest BCUT2D eigenvalue weighted by atomic mass is 10.1. The summed E-state index contributed by atoms with van der Waals surface area (Å²) in [4.78, 5) is 9.51. The molecular formula is C24H53N2OS+. The van der Waals surface area contributed by atoms with Crippen LogP contribution in [0.4, 0.5) is 0 Å². The van der Waals surface area contributed by atoms with Crippen LogP contribution in [0.1, 0.15) is 117 Å². The third-order valence-corrected chi connectivity index (χ3v) is 5.70. The first-order valence-electron chi connectivity index (χ1n) is 12.1. The lowest BCUT2D eigenvalue weighted by Gasteiger charge is -2.30. The highest BCUT2D eigenvalue weighted by molar-refractivity contribution is 7.81. The number of unbranched alkanes of at least 4 members (excludes halogenated alkanes) is 14. The van der Waals surface area contributed by atoms with Gasteiger partial charge in [0, 0.05) is 0 Å². The zero-order valence-corrected chi connectivity index (χ0v) is 20.7. The fraction of sp³-hybridized carbons (Fsp3) is 0.958. The molecule has 4 heteroatoms. The van der Waals surface area contributed by atoms with E-state index in [2.05, 4.69) is 46.3 Å². The zero-order chi connectivity index (χ0) is 21.5. The highest BCUT2D eigenvalue weighted by Crippen LogP contribution is 2.13. The average Bonchev–Trinajstić information content (AvgIpc) is 2.66. The van der Waals surface area contributed by atoms with E-state index in [1.165, 1.54) is 120 Å². The summed E-state index contributed by atoms with van der Waals surface area (Å²) in [6.07, 6.45) is 23.0. The molecule has 0 aromatic heterocycles. The third kappa shape index (κ3) is 28.0. The first kappa shape index (κ1) is 30.0. The fourth-order valence-corrected chi connectivity index (χ4v) is 3.46. The van der Waals surface area contributed by atoms with Crippen LogP contribution in [-0.4, -0.2) is 43.3 Å². The monoisotopic (exact) mass is 417 g/mol. The molecule has 0 saturated heterocycles. The standard InChI is InChI=1S/C22H48N.C2H5NOS/c1-5-7-9-11-13-15-17-19-21-23(3,4)22-20-18-16-14-12-10-8-6-2;3-2(4)1-5/h5-22H2,1-4H3;5H,1H2,(H2,3,4)/q+1;. The second kappa shape index (κ2) is 23.1. The maximum atomic E-state index is 9.51. The van der Waals surface area contributed by atoms with Crippen LogP contribution >= 0.6 is 12.6 Å². The summed E-state index contributed by atoms with van der Waals surface area (Å²) < 4.78 is 1.24.